The number of alkyl halides is 3. The minimum atomic E-state index is -4.64. The maximum Gasteiger partial charge on any atom is 0.433 e. The van der Waals surface area contributed by atoms with Crippen LogP contribution in [0.25, 0.3) is 22.4 Å². The van der Waals surface area contributed by atoms with Gasteiger partial charge in [-0.15, -0.1) is 0 Å². The van der Waals surface area contributed by atoms with Crippen LogP contribution in [0.3, 0.4) is 0 Å². The molecule has 198 valence electrons. The predicted molar refractivity (Wildman–Crippen MR) is 129 cm³/mol. The number of halogens is 3. The van der Waals surface area contributed by atoms with Gasteiger partial charge in [0.25, 0.3) is 5.91 Å². The highest BCUT2D eigenvalue weighted by atomic mass is 19.4. The third-order valence-corrected chi connectivity index (χ3v) is 6.34. The van der Waals surface area contributed by atoms with Gasteiger partial charge in [-0.25, -0.2) is 9.97 Å². The number of rotatable bonds is 8. The fraction of sp³-hybridized carbons (Fsp3) is 0.440. The van der Waals surface area contributed by atoms with Crippen molar-refractivity contribution in [3.05, 3.63) is 41.4 Å². The second kappa shape index (κ2) is 9.66. The van der Waals surface area contributed by atoms with Crippen LogP contribution in [0.4, 0.5) is 13.2 Å². The standard InChI is InChI=1S/C25H28F3N5O4/c1-12(31-23(35)24(3)9-10-24)11-30-21(34)19-20(13(2)29)37-22(33-19)15-5-7-16(36-4)18-14(15)6-8-17(32-18)25(26,27)28/h5-8,12-13H,9-11,29H2,1-4H3,(H,30,34)(H,31,35)/t12-,13-/m0/s1. The van der Waals surface area contributed by atoms with Gasteiger partial charge in [-0.3, -0.25) is 9.59 Å². The molecule has 12 heteroatoms. The van der Waals surface area contributed by atoms with Crippen molar-refractivity contribution < 1.29 is 31.9 Å². The number of nitrogens with zero attached hydrogens (tertiary/aromatic N) is 2. The third-order valence-electron chi connectivity index (χ3n) is 6.34. The number of ether oxygens (including phenoxy) is 1. The monoisotopic (exact) mass is 519 g/mol. The molecule has 4 rings (SSSR count). The van der Waals surface area contributed by atoms with E-state index in [4.69, 9.17) is 14.9 Å². The van der Waals surface area contributed by atoms with Gasteiger partial charge in [-0.1, -0.05) is 6.92 Å². The van der Waals surface area contributed by atoms with Crippen LogP contribution in [0.1, 0.15) is 61.6 Å². The molecule has 1 aromatic carbocycles. The van der Waals surface area contributed by atoms with Crippen molar-refractivity contribution in [1.82, 2.24) is 20.6 Å². The van der Waals surface area contributed by atoms with E-state index in [9.17, 15) is 22.8 Å². The minimum absolute atomic E-state index is 0.00493. The first-order valence-electron chi connectivity index (χ1n) is 11.7. The SMILES string of the molecule is COc1ccc(-c2nc(C(=O)NC[C@H](C)NC(=O)C3(C)CC3)c([C@H](C)N)o2)c2ccc(C(F)(F)F)nc12. The summed E-state index contributed by atoms with van der Waals surface area (Å²) in [6, 6.07) is 4.09. The maximum absolute atomic E-state index is 13.3. The Balaban J connectivity index is 1.63. The topological polar surface area (TPSA) is 132 Å². The van der Waals surface area contributed by atoms with E-state index >= 15 is 0 Å². The van der Waals surface area contributed by atoms with Gasteiger partial charge < -0.3 is 25.5 Å². The van der Waals surface area contributed by atoms with Gasteiger partial charge in [0, 0.05) is 29.0 Å². The first kappa shape index (κ1) is 26.4. The van der Waals surface area contributed by atoms with Crippen molar-refractivity contribution in [2.24, 2.45) is 11.1 Å². The number of amides is 2. The summed E-state index contributed by atoms with van der Waals surface area (Å²) in [5, 5.41) is 5.90. The fourth-order valence-electron chi connectivity index (χ4n) is 3.81. The molecular formula is C25H28F3N5O4. The van der Waals surface area contributed by atoms with Gasteiger partial charge in [0.05, 0.1) is 13.2 Å². The lowest BCUT2D eigenvalue weighted by Gasteiger charge is -2.17. The van der Waals surface area contributed by atoms with E-state index in [1.54, 1.807) is 19.9 Å². The largest absolute Gasteiger partial charge is 0.494 e. The van der Waals surface area contributed by atoms with E-state index in [2.05, 4.69) is 20.6 Å². The van der Waals surface area contributed by atoms with E-state index in [1.165, 1.54) is 19.2 Å². The molecule has 0 saturated heterocycles. The molecule has 2 amide bonds. The molecule has 1 aliphatic carbocycles. The summed E-state index contributed by atoms with van der Waals surface area (Å²) < 4.78 is 50.8. The molecule has 1 saturated carbocycles. The first-order valence-corrected chi connectivity index (χ1v) is 11.7. The van der Waals surface area contributed by atoms with Crippen molar-refractivity contribution in [3.63, 3.8) is 0 Å². The summed E-state index contributed by atoms with van der Waals surface area (Å²) in [6.07, 6.45) is -2.96. The highest BCUT2D eigenvalue weighted by Gasteiger charge is 2.45. The average Bonchev–Trinajstić information content (AvgIpc) is 3.44. The Morgan fingerprint density at radius 3 is 2.49 bits per heavy atom. The van der Waals surface area contributed by atoms with Gasteiger partial charge in [-0.2, -0.15) is 13.2 Å². The van der Waals surface area contributed by atoms with Crippen molar-refractivity contribution in [2.75, 3.05) is 13.7 Å². The quantitative estimate of drug-likeness (QED) is 0.410. The van der Waals surface area contributed by atoms with E-state index in [-0.39, 0.29) is 52.5 Å². The number of aromatic nitrogens is 2. The van der Waals surface area contributed by atoms with E-state index in [0.29, 0.717) is 10.9 Å². The van der Waals surface area contributed by atoms with Crippen molar-refractivity contribution in [2.45, 2.75) is 51.9 Å². The molecule has 0 spiro atoms. The van der Waals surface area contributed by atoms with Crippen molar-refractivity contribution in [1.29, 1.82) is 0 Å². The molecule has 0 unspecified atom stereocenters. The van der Waals surface area contributed by atoms with Crippen molar-refractivity contribution >= 4 is 22.7 Å². The molecule has 9 nitrogen and oxygen atoms in total. The Labute approximate surface area is 211 Å². The van der Waals surface area contributed by atoms with Crippen LogP contribution in [0.15, 0.2) is 28.7 Å². The first-order chi connectivity index (χ1) is 17.3. The lowest BCUT2D eigenvalue weighted by molar-refractivity contribution is -0.141. The molecule has 2 atom stereocenters. The lowest BCUT2D eigenvalue weighted by Crippen LogP contribution is -2.44. The summed E-state index contributed by atoms with van der Waals surface area (Å²) in [5.41, 5.74) is 4.84. The number of fused-ring (bicyclic) bond motifs is 1. The van der Waals surface area contributed by atoms with Gasteiger partial charge >= 0.3 is 6.18 Å². The van der Waals surface area contributed by atoms with Gasteiger partial charge in [0.1, 0.15) is 17.0 Å². The molecule has 0 aliphatic heterocycles. The molecule has 1 aliphatic rings. The zero-order chi connectivity index (χ0) is 27.1. The summed E-state index contributed by atoms with van der Waals surface area (Å²) in [4.78, 5) is 33.3. The normalized spacial score (nSPS) is 16.2. The number of carbonyl (C=O) groups excluding carboxylic acids is 2. The van der Waals surface area contributed by atoms with Crippen LogP contribution in [0.5, 0.6) is 5.75 Å². The van der Waals surface area contributed by atoms with Gasteiger partial charge in [0.15, 0.2) is 11.5 Å². The van der Waals surface area contributed by atoms with E-state index in [0.717, 1.165) is 18.9 Å². The second-order valence-corrected chi connectivity index (χ2v) is 9.57. The number of methoxy groups -OCH3 is 1. The Morgan fingerprint density at radius 1 is 1.19 bits per heavy atom. The number of nitrogens with two attached hydrogens (primary N) is 1. The van der Waals surface area contributed by atoms with Gasteiger partial charge in [-0.05, 0) is 51.0 Å². The van der Waals surface area contributed by atoms with E-state index in [1.807, 2.05) is 6.92 Å². The van der Waals surface area contributed by atoms with E-state index < -0.39 is 23.8 Å². The molecule has 4 N–H and O–H groups in total. The maximum atomic E-state index is 13.3. The van der Waals surface area contributed by atoms with Crippen LogP contribution in [0.2, 0.25) is 0 Å². The number of hydrogen-bond donors (Lipinski definition) is 3. The number of hydrogen-bond acceptors (Lipinski definition) is 7. The second-order valence-electron chi connectivity index (χ2n) is 9.57. The lowest BCUT2D eigenvalue weighted by atomic mass is 10.1. The van der Waals surface area contributed by atoms with Crippen LogP contribution < -0.4 is 21.1 Å². The summed E-state index contributed by atoms with van der Waals surface area (Å²) >= 11 is 0. The third kappa shape index (κ3) is 5.38. The van der Waals surface area contributed by atoms with Crippen LogP contribution in [-0.4, -0.2) is 41.5 Å². The fourth-order valence-corrected chi connectivity index (χ4v) is 3.81. The molecule has 1 fully saturated rings. The molecule has 0 bridgehead atoms. The minimum Gasteiger partial charge on any atom is -0.494 e. The summed E-state index contributed by atoms with van der Waals surface area (Å²) in [6.45, 7) is 5.43. The number of benzene rings is 1. The zero-order valence-corrected chi connectivity index (χ0v) is 20.8. The zero-order valence-electron chi connectivity index (χ0n) is 20.8. The summed E-state index contributed by atoms with van der Waals surface area (Å²) in [7, 11) is 1.33. The predicted octanol–water partition coefficient (Wildman–Crippen LogP) is 3.97. The molecule has 2 heterocycles. The van der Waals surface area contributed by atoms with Crippen LogP contribution in [0, 0.1) is 5.41 Å². The van der Waals surface area contributed by atoms with Crippen molar-refractivity contribution in [3.8, 4) is 17.2 Å². The molecule has 3 aromatic rings. The number of oxazole rings is 1. The number of carbonyl (C=O) groups is 2. The Kier molecular flexibility index (Phi) is 6.89. The molecule has 37 heavy (non-hydrogen) atoms. The smallest absolute Gasteiger partial charge is 0.433 e. The molecular weight excluding hydrogens is 491 g/mol. The molecule has 0 radical (unpaired) electrons. The number of pyridine rings is 1. The Hall–Kier alpha value is -3.67. The van der Waals surface area contributed by atoms with Gasteiger partial charge in [0.2, 0.25) is 11.8 Å². The highest BCUT2D eigenvalue weighted by molar-refractivity contribution is 5.98. The summed E-state index contributed by atoms with van der Waals surface area (Å²) in [5.74, 6) is -0.370. The highest BCUT2D eigenvalue weighted by Crippen LogP contribution is 2.45. The number of nitrogens with one attached hydrogen (secondary N) is 2. The Bertz CT molecular complexity index is 1350. The van der Waals surface area contributed by atoms with Crippen LogP contribution >= 0.6 is 0 Å². The molecule has 2 aromatic heterocycles. The Morgan fingerprint density at radius 2 is 1.89 bits per heavy atom. The average molecular weight is 520 g/mol. The van der Waals surface area contributed by atoms with Crippen LogP contribution in [-0.2, 0) is 11.0 Å².